The fraction of sp³-hybridized carbons (Fsp3) is 0.647. The molecule has 112 valence electrons. The number of nitrogens with zero attached hydrogens (tertiary/aromatic N) is 1. The van der Waals surface area contributed by atoms with Crippen LogP contribution in [0.5, 0.6) is 0 Å². The van der Waals surface area contributed by atoms with E-state index in [2.05, 4.69) is 57.1 Å². The summed E-state index contributed by atoms with van der Waals surface area (Å²) < 4.78 is 0. The van der Waals surface area contributed by atoms with Gasteiger partial charge in [0.25, 0.3) is 0 Å². The largest absolute Gasteiger partial charge is 0.305 e. The third kappa shape index (κ3) is 15.4. The van der Waals surface area contributed by atoms with Crippen molar-refractivity contribution in [1.82, 2.24) is 4.90 Å². The van der Waals surface area contributed by atoms with Crippen LogP contribution >= 0.6 is 12.4 Å². The SMILES string of the molecule is CCCCCCCC.CN(C)Cc1ccccc1.Cl. The highest BCUT2D eigenvalue weighted by Gasteiger charge is 1.90. The molecule has 0 atom stereocenters. The first kappa shape index (κ1) is 20.8. The van der Waals surface area contributed by atoms with Gasteiger partial charge in [0.15, 0.2) is 0 Å². The van der Waals surface area contributed by atoms with Crippen molar-refractivity contribution >= 4 is 12.4 Å². The molecule has 0 fully saturated rings. The maximum atomic E-state index is 2.26. The maximum Gasteiger partial charge on any atom is 0.0227 e. The van der Waals surface area contributed by atoms with Gasteiger partial charge in [-0.15, -0.1) is 12.4 Å². The molecule has 1 aromatic rings. The van der Waals surface area contributed by atoms with E-state index < -0.39 is 0 Å². The molecule has 0 amide bonds. The molecule has 0 saturated carbocycles. The summed E-state index contributed by atoms with van der Waals surface area (Å²) in [7, 11) is 4.15. The van der Waals surface area contributed by atoms with Crippen LogP contribution in [0, 0.1) is 0 Å². The van der Waals surface area contributed by atoms with Crippen LogP contribution in [0.25, 0.3) is 0 Å². The van der Waals surface area contributed by atoms with E-state index in [1.54, 1.807) is 0 Å². The molecule has 0 bridgehead atoms. The summed E-state index contributed by atoms with van der Waals surface area (Å²) in [5, 5.41) is 0. The van der Waals surface area contributed by atoms with Gasteiger partial charge in [-0.1, -0.05) is 82.7 Å². The highest BCUT2D eigenvalue weighted by molar-refractivity contribution is 5.85. The fourth-order valence-corrected chi connectivity index (χ4v) is 1.80. The Bertz CT molecular complexity index is 253. The second kappa shape index (κ2) is 15.5. The van der Waals surface area contributed by atoms with Crippen LogP contribution in [0.1, 0.15) is 57.9 Å². The second-order valence-electron chi connectivity index (χ2n) is 5.14. The summed E-state index contributed by atoms with van der Waals surface area (Å²) in [6.45, 7) is 5.54. The van der Waals surface area contributed by atoms with Gasteiger partial charge in [0, 0.05) is 6.54 Å². The number of rotatable bonds is 7. The van der Waals surface area contributed by atoms with Crippen LogP contribution in [0.3, 0.4) is 0 Å². The normalized spacial score (nSPS) is 9.53. The molecule has 0 saturated heterocycles. The zero-order chi connectivity index (χ0) is 13.6. The van der Waals surface area contributed by atoms with Crippen molar-refractivity contribution in [1.29, 1.82) is 0 Å². The third-order valence-electron chi connectivity index (χ3n) is 2.80. The van der Waals surface area contributed by atoms with Gasteiger partial charge >= 0.3 is 0 Å². The number of hydrogen-bond acceptors (Lipinski definition) is 1. The molecule has 0 aromatic heterocycles. The minimum atomic E-state index is 0. The van der Waals surface area contributed by atoms with E-state index in [4.69, 9.17) is 0 Å². The van der Waals surface area contributed by atoms with Gasteiger partial charge in [0.1, 0.15) is 0 Å². The molecule has 1 aromatic carbocycles. The van der Waals surface area contributed by atoms with Crippen molar-refractivity contribution in [2.75, 3.05) is 14.1 Å². The van der Waals surface area contributed by atoms with Crippen molar-refractivity contribution in [2.45, 2.75) is 58.9 Å². The Morgan fingerprint density at radius 3 is 1.63 bits per heavy atom. The zero-order valence-corrected chi connectivity index (χ0v) is 14.0. The smallest absolute Gasteiger partial charge is 0.0227 e. The molecule has 0 heterocycles. The molecule has 2 heteroatoms. The van der Waals surface area contributed by atoms with Gasteiger partial charge in [0.05, 0.1) is 0 Å². The van der Waals surface area contributed by atoms with E-state index in [9.17, 15) is 0 Å². The highest BCUT2D eigenvalue weighted by atomic mass is 35.5. The van der Waals surface area contributed by atoms with E-state index in [-0.39, 0.29) is 12.4 Å². The summed E-state index contributed by atoms with van der Waals surface area (Å²) in [6, 6.07) is 10.5. The van der Waals surface area contributed by atoms with Gasteiger partial charge in [0.2, 0.25) is 0 Å². The van der Waals surface area contributed by atoms with E-state index in [1.165, 1.54) is 44.1 Å². The number of hydrogen-bond donors (Lipinski definition) is 0. The average Bonchev–Trinajstić information content (AvgIpc) is 2.36. The maximum absolute atomic E-state index is 2.26. The minimum Gasteiger partial charge on any atom is -0.305 e. The molecule has 1 rings (SSSR count). The van der Waals surface area contributed by atoms with Crippen LogP contribution in [-0.4, -0.2) is 19.0 Å². The Morgan fingerprint density at radius 1 is 0.789 bits per heavy atom. The van der Waals surface area contributed by atoms with E-state index in [0.29, 0.717) is 0 Å². The summed E-state index contributed by atoms with van der Waals surface area (Å²) in [5.74, 6) is 0. The molecular formula is C17H32ClN. The first-order chi connectivity index (χ1) is 8.70. The second-order valence-corrected chi connectivity index (χ2v) is 5.14. The molecule has 0 aliphatic carbocycles. The summed E-state index contributed by atoms with van der Waals surface area (Å²) in [4.78, 5) is 2.16. The first-order valence-corrected chi connectivity index (χ1v) is 7.39. The average molecular weight is 286 g/mol. The molecular weight excluding hydrogens is 254 g/mol. The summed E-state index contributed by atoms with van der Waals surface area (Å²) in [5.41, 5.74) is 1.37. The van der Waals surface area contributed by atoms with Crippen LogP contribution in [0.4, 0.5) is 0 Å². The number of benzene rings is 1. The monoisotopic (exact) mass is 285 g/mol. The molecule has 0 N–H and O–H groups in total. The topological polar surface area (TPSA) is 3.24 Å². The van der Waals surface area contributed by atoms with Gasteiger partial charge in [-0.05, 0) is 19.7 Å². The van der Waals surface area contributed by atoms with Crippen LogP contribution in [0.15, 0.2) is 30.3 Å². The molecule has 19 heavy (non-hydrogen) atoms. The van der Waals surface area contributed by atoms with Gasteiger partial charge in [-0.3, -0.25) is 0 Å². The molecule has 0 aliphatic rings. The lowest BCUT2D eigenvalue weighted by atomic mass is 10.1. The first-order valence-electron chi connectivity index (χ1n) is 7.39. The Labute approximate surface area is 126 Å². The lowest BCUT2D eigenvalue weighted by Gasteiger charge is -2.08. The van der Waals surface area contributed by atoms with Crippen LogP contribution in [0.2, 0.25) is 0 Å². The van der Waals surface area contributed by atoms with Crippen molar-refractivity contribution < 1.29 is 0 Å². The van der Waals surface area contributed by atoms with E-state index in [0.717, 1.165) is 6.54 Å². The summed E-state index contributed by atoms with van der Waals surface area (Å²) in [6.07, 6.45) is 8.49. The number of unbranched alkanes of at least 4 members (excludes halogenated alkanes) is 5. The quantitative estimate of drug-likeness (QED) is 0.595. The Morgan fingerprint density at radius 2 is 1.26 bits per heavy atom. The van der Waals surface area contributed by atoms with Crippen molar-refractivity contribution in [3.05, 3.63) is 35.9 Å². The van der Waals surface area contributed by atoms with Crippen LogP contribution in [-0.2, 0) is 6.54 Å². The van der Waals surface area contributed by atoms with Crippen molar-refractivity contribution in [3.63, 3.8) is 0 Å². The Balaban J connectivity index is 0. The van der Waals surface area contributed by atoms with Crippen LogP contribution < -0.4 is 0 Å². The molecule has 1 nitrogen and oxygen atoms in total. The van der Waals surface area contributed by atoms with Crippen molar-refractivity contribution in [2.24, 2.45) is 0 Å². The summed E-state index contributed by atoms with van der Waals surface area (Å²) >= 11 is 0. The molecule has 0 unspecified atom stereocenters. The third-order valence-corrected chi connectivity index (χ3v) is 2.80. The van der Waals surface area contributed by atoms with Gasteiger partial charge in [-0.25, -0.2) is 0 Å². The zero-order valence-electron chi connectivity index (χ0n) is 13.2. The fourth-order valence-electron chi connectivity index (χ4n) is 1.80. The highest BCUT2D eigenvalue weighted by Crippen LogP contribution is 2.03. The van der Waals surface area contributed by atoms with Gasteiger partial charge in [-0.2, -0.15) is 0 Å². The Kier molecular flexibility index (Phi) is 17.0. The Hall–Kier alpha value is -0.530. The lowest BCUT2D eigenvalue weighted by molar-refractivity contribution is 0.402. The predicted octanol–water partition coefficient (Wildman–Crippen LogP) is 5.54. The number of halogens is 1. The van der Waals surface area contributed by atoms with E-state index >= 15 is 0 Å². The van der Waals surface area contributed by atoms with Crippen molar-refractivity contribution in [3.8, 4) is 0 Å². The molecule has 0 radical (unpaired) electrons. The standard InChI is InChI=1S/C9H13N.C8H18.ClH/c1-10(2)8-9-6-4-3-5-7-9;1-3-5-7-8-6-4-2;/h3-7H,8H2,1-2H3;3-8H2,1-2H3;1H. The van der Waals surface area contributed by atoms with E-state index in [1.807, 2.05) is 6.07 Å². The van der Waals surface area contributed by atoms with Gasteiger partial charge < -0.3 is 4.90 Å². The molecule has 0 aliphatic heterocycles. The lowest BCUT2D eigenvalue weighted by Crippen LogP contribution is -2.10. The minimum absolute atomic E-state index is 0. The molecule has 0 spiro atoms. The predicted molar refractivity (Wildman–Crippen MR) is 90.1 cm³/mol.